The number of rotatable bonds is 3. The lowest BCUT2D eigenvalue weighted by Gasteiger charge is -2.27. The van der Waals surface area contributed by atoms with Crippen molar-refractivity contribution in [1.82, 2.24) is 5.01 Å². The molecule has 2 aliphatic heterocycles. The lowest BCUT2D eigenvalue weighted by atomic mass is 10.1. The van der Waals surface area contributed by atoms with Crippen LogP contribution < -0.4 is 5.32 Å². The summed E-state index contributed by atoms with van der Waals surface area (Å²) in [5.74, 6) is -1.59. The van der Waals surface area contributed by atoms with Gasteiger partial charge in [0.15, 0.2) is 9.84 Å². The number of hydrogen-bond acceptors (Lipinski definition) is 5. The monoisotopic (exact) mass is 387 g/mol. The van der Waals surface area contributed by atoms with Gasteiger partial charge in [-0.15, -0.1) is 0 Å². The minimum absolute atomic E-state index is 0.00652. The largest absolute Gasteiger partial charge is 0.321 e. The van der Waals surface area contributed by atoms with E-state index in [0.717, 1.165) is 11.1 Å². The molecule has 1 atom stereocenters. The van der Waals surface area contributed by atoms with Gasteiger partial charge in [-0.05, 0) is 24.6 Å². The molecule has 1 N–H and O–H groups in total. The van der Waals surface area contributed by atoms with Crippen LogP contribution in [-0.4, -0.2) is 48.5 Å². The summed E-state index contributed by atoms with van der Waals surface area (Å²) in [7, 11) is -3.18. The van der Waals surface area contributed by atoms with Gasteiger partial charge >= 0.3 is 0 Å². The Bertz CT molecular complexity index is 872. The number of sulfone groups is 1. The highest BCUT2D eigenvalue weighted by atomic mass is 35.5. The third kappa shape index (κ3) is 3.98. The van der Waals surface area contributed by atoms with Crippen molar-refractivity contribution in [3.63, 3.8) is 0 Å². The normalized spacial score (nSPS) is 22.6. The molecule has 2 heterocycles. The van der Waals surface area contributed by atoms with Crippen LogP contribution in [0, 0.1) is 5.82 Å². The fourth-order valence-corrected chi connectivity index (χ4v) is 4.64. The molecule has 1 saturated heterocycles. The van der Waals surface area contributed by atoms with Crippen LogP contribution in [0.5, 0.6) is 0 Å². The van der Waals surface area contributed by atoms with Crippen LogP contribution in [0.15, 0.2) is 23.3 Å². The Labute approximate surface area is 148 Å². The van der Waals surface area contributed by atoms with Gasteiger partial charge in [-0.1, -0.05) is 11.6 Å². The maximum absolute atomic E-state index is 13.2. The van der Waals surface area contributed by atoms with Crippen LogP contribution in [0.25, 0.3) is 0 Å². The van der Waals surface area contributed by atoms with E-state index in [9.17, 15) is 22.4 Å². The molecule has 25 heavy (non-hydrogen) atoms. The number of benzene rings is 1. The summed E-state index contributed by atoms with van der Waals surface area (Å²) in [5, 5.41) is 7.59. The molecule has 10 heteroatoms. The number of nitrogens with zero attached hydrogens (tertiary/aromatic N) is 2. The van der Waals surface area contributed by atoms with E-state index >= 15 is 0 Å². The second-order valence-electron chi connectivity index (χ2n) is 5.92. The standard InChI is InChI=1S/C15H15ClFN3O4S/c16-11-7-9(1-2-12(11)17)18-15(22)13-3-4-14(21)20(19-13)10-5-6-25(23,24)8-10/h1-2,7,10H,3-6,8H2,(H,18,22). The predicted octanol–water partition coefficient (Wildman–Crippen LogP) is 1.58. The van der Waals surface area contributed by atoms with Gasteiger partial charge in [-0.2, -0.15) is 5.10 Å². The van der Waals surface area contributed by atoms with Crippen LogP contribution in [-0.2, 0) is 19.4 Å². The van der Waals surface area contributed by atoms with Crippen LogP contribution in [0.2, 0.25) is 5.02 Å². The van der Waals surface area contributed by atoms with Gasteiger partial charge in [0, 0.05) is 18.5 Å². The molecule has 0 bridgehead atoms. The van der Waals surface area contributed by atoms with Gasteiger partial charge in [0.1, 0.15) is 11.5 Å². The van der Waals surface area contributed by atoms with Crippen molar-refractivity contribution < 1.29 is 22.4 Å². The van der Waals surface area contributed by atoms with Gasteiger partial charge < -0.3 is 5.32 Å². The number of hydrogen-bond donors (Lipinski definition) is 1. The number of carbonyl (C=O) groups excluding carboxylic acids is 2. The van der Waals surface area contributed by atoms with Crippen LogP contribution in [0.3, 0.4) is 0 Å². The van der Waals surface area contributed by atoms with E-state index in [4.69, 9.17) is 11.6 Å². The minimum Gasteiger partial charge on any atom is -0.321 e. The topological polar surface area (TPSA) is 95.9 Å². The molecule has 0 aliphatic carbocycles. The van der Waals surface area contributed by atoms with E-state index < -0.39 is 27.6 Å². The van der Waals surface area contributed by atoms with Crippen molar-refractivity contribution in [3.05, 3.63) is 29.0 Å². The molecule has 1 aromatic carbocycles. The summed E-state index contributed by atoms with van der Waals surface area (Å²) in [6.45, 7) is 0. The van der Waals surface area contributed by atoms with Gasteiger partial charge in [-0.25, -0.2) is 17.8 Å². The minimum atomic E-state index is -3.18. The predicted molar refractivity (Wildman–Crippen MR) is 90.6 cm³/mol. The van der Waals surface area contributed by atoms with E-state index in [1.807, 2.05) is 0 Å². The molecule has 2 aliphatic rings. The number of nitrogens with one attached hydrogen (secondary N) is 1. The van der Waals surface area contributed by atoms with Gasteiger partial charge in [0.05, 0.1) is 22.6 Å². The fourth-order valence-electron chi connectivity index (χ4n) is 2.77. The molecule has 2 amide bonds. The average Bonchev–Trinajstić information content (AvgIpc) is 2.91. The molecule has 1 fully saturated rings. The fraction of sp³-hybridized carbons (Fsp3) is 0.400. The molecular weight excluding hydrogens is 373 g/mol. The van der Waals surface area contributed by atoms with Crippen LogP contribution in [0.1, 0.15) is 19.3 Å². The van der Waals surface area contributed by atoms with E-state index in [1.54, 1.807) is 0 Å². The van der Waals surface area contributed by atoms with E-state index in [2.05, 4.69) is 10.4 Å². The first-order valence-electron chi connectivity index (χ1n) is 7.61. The molecule has 1 aromatic rings. The SMILES string of the molecule is O=C(Nc1ccc(F)c(Cl)c1)C1=NN(C2CCS(=O)(=O)C2)C(=O)CC1. The van der Waals surface area contributed by atoms with Crippen LogP contribution in [0.4, 0.5) is 10.1 Å². The molecule has 0 aromatic heterocycles. The maximum atomic E-state index is 13.2. The average molecular weight is 388 g/mol. The summed E-state index contributed by atoms with van der Waals surface area (Å²) < 4.78 is 36.4. The first-order valence-corrected chi connectivity index (χ1v) is 9.81. The summed E-state index contributed by atoms with van der Waals surface area (Å²) in [6, 6.07) is 3.21. The molecule has 0 spiro atoms. The Morgan fingerprint density at radius 2 is 2.12 bits per heavy atom. The highest BCUT2D eigenvalue weighted by Crippen LogP contribution is 2.23. The molecule has 1 unspecified atom stereocenters. The maximum Gasteiger partial charge on any atom is 0.271 e. The zero-order valence-electron chi connectivity index (χ0n) is 13.0. The Kier molecular flexibility index (Phi) is 4.79. The summed E-state index contributed by atoms with van der Waals surface area (Å²) in [4.78, 5) is 24.4. The Balaban J connectivity index is 1.76. The first kappa shape index (κ1) is 17.8. The Morgan fingerprint density at radius 1 is 1.36 bits per heavy atom. The Hall–Kier alpha value is -2.00. The smallest absolute Gasteiger partial charge is 0.271 e. The molecular formula is C15H15ClFN3O4S. The van der Waals surface area contributed by atoms with Crippen molar-refractivity contribution in [2.24, 2.45) is 5.10 Å². The number of carbonyl (C=O) groups is 2. The van der Waals surface area contributed by atoms with Crippen molar-refractivity contribution >= 4 is 44.7 Å². The van der Waals surface area contributed by atoms with Gasteiger partial charge in [-0.3, -0.25) is 9.59 Å². The second-order valence-corrected chi connectivity index (χ2v) is 8.56. The number of halogens is 2. The molecule has 3 rings (SSSR count). The summed E-state index contributed by atoms with van der Waals surface area (Å²) in [5.41, 5.74) is 0.412. The highest BCUT2D eigenvalue weighted by molar-refractivity contribution is 7.91. The van der Waals surface area contributed by atoms with E-state index in [1.165, 1.54) is 12.1 Å². The molecule has 134 valence electrons. The van der Waals surface area contributed by atoms with Crippen molar-refractivity contribution in [2.75, 3.05) is 16.8 Å². The summed E-state index contributed by atoms with van der Waals surface area (Å²) >= 11 is 5.67. The first-order chi connectivity index (χ1) is 11.7. The number of hydrazone groups is 1. The zero-order chi connectivity index (χ0) is 18.2. The number of amides is 2. The highest BCUT2D eigenvalue weighted by Gasteiger charge is 2.37. The molecule has 0 saturated carbocycles. The van der Waals surface area contributed by atoms with Gasteiger partial charge in [0.25, 0.3) is 5.91 Å². The van der Waals surface area contributed by atoms with Crippen molar-refractivity contribution in [2.45, 2.75) is 25.3 Å². The molecule has 7 nitrogen and oxygen atoms in total. The molecule has 0 radical (unpaired) electrons. The quantitative estimate of drug-likeness (QED) is 0.851. The summed E-state index contributed by atoms with van der Waals surface area (Å²) in [6.07, 6.45) is 0.530. The second kappa shape index (κ2) is 6.72. The zero-order valence-corrected chi connectivity index (χ0v) is 14.6. The number of anilines is 1. The third-order valence-corrected chi connectivity index (χ3v) is 6.09. The van der Waals surface area contributed by atoms with Gasteiger partial charge in [0.2, 0.25) is 5.91 Å². The third-order valence-electron chi connectivity index (χ3n) is 4.05. The lowest BCUT2D eigenvalue weighted by molar-refractivity contribution is -0.133. The van der Waals surface area contributed by atoms with E-state index in [0.29, 0.717) is 12.1 Å². The Morgan fingerprint density at radius 3 is 2.76 bits per heavy atom. The van der Waals surface area contributed by atoms with Crippen molar-refractivity contribution in [3.8, 4) is 0 Å². The van der Waals surface area contributed by atoms with E-state index in [-0.39, 0.29) is 41.0 Å². The van der Waals surface area contributed by atoms with Crippen molar-refractivity contribution in [1.29, 1.82) is 0 Å². The lowest BCUT2D eigenvalue weighted by Crippen LogP contribution is -2.42. The van der Waals surface area contributed by atoms with Crippen LogP contribution >= 0.6 is 11.6 Å².